The third-order valence-corrected chi connectivity index (χ3v) is 7.13. The van der Waals surface area contributed by atoms with Crippen molar-refractivity contribution in [3.05, 3.63) is 65.3 Å². The smallest absolute Gasteiger partial charge is 0.338 e. The molecular formula is C24H25N5O4S. The average molecular weight is 480 g/mol. The van der Waals surface area contributed by atoms with Crippen LogP contribution >= 0.6 is 11.8 Å². The van der Waals surface area contributed by atoms with E-state index in [1.54, 1.807) is 11.2 Å². The molecule has 1 unspecified atom stereocenters. The molecule has 176 valence electrons. The van der Waals surface area contributed by atoms with Gasteiger partial charge in [-0.25, -0.2) is 9.59 Å². The molecule has 1 atom stereocenters. The maximum absolute atomic E-state index is 13.2. The van der Waals surface area contributed by atoms with Crippen molar-refractivity contribution in [2.75, 3.05) is 12.9 Å². The van der Waals surface area contributed by atoms with Gasteiger partial charge in [0, 0.05) is 24.5 Å². The zero-order valence-electron chi connectivity index (χ0n) is 19.1. The summed E-state index contributed by atoms with van der Waals surface area (Å²) in [4.78, 5) is 27.9. The molecule has 5 rings (SSSR count). The number of aryl methyl sites for hydroxylation is 1. The highest BCUT2D eigenvalue weighted by atomic mass is 32.2. The number of nitrogens with one attached hydrogen (secondary N) is 1. The number of rotatable bonds is 7. The number of carbonyl (C=O) groups is 2. The minimum Gasteiger partial charge on any atom is -0.469 e. The second-order valence-electron chi connectivity index (χ2n) is 8.29. The highest BCUT2D eigenvalue weighted by Crippen LogP contribution is 2.40. The lowest BCUT2D eigenvalue weighted by Crippen LogP contribution is -2.50. The molecule has 0 radical (unpaired) electrons. The van der Waals surface area contributed by atoms with E-state index in [0.717, 1.165) is 29.7 Å². The normalized spacial score (nSPS) is 18.3. The van der Waals surface area contributed by atoms with E-state index in [2.05, 4.69) is 15.5 Å². The third kappa shape index (κ3) is 3.98. The predicted octanol–water partition coefficient (Wildman–Crippen LogP) is 3.83. The molecule has 1 fully saturated rings. The molecule has 2 aliphatic rings. The van der Waals surface area contributed by atoms with Crippen molar-refractivity contribution >= 4 is 23.8 Å². The van der Waals surface area contributed by atoms with Gasteiger partial charge in [0.25, 0.3) is 0 Å². The van der Waals surface area contributed by atoms with Gasteiger partial charge in [0.15, 0.2) is 11.0 Å². The molecule has 2 aromatic heterocycles. The largest absolute Gasteiger partial charge is 0.469 e. The van der Waals surface area contributed by atoms with Gasteiger partial charge in [-0.15, -0.1) is 10.2 Å². The highest BCUT2D eigenvalue weighted by molar-refractivity contribution is 7.99. The van der Waals surface area contributed by atoms with Crippen molar-refractivity contribution in [3.8, 4) is 11.4 Å². The SMILES string of the molecule is COC(=O)C1=C(CSc2nnc(-c3ccoc3C)n2C)N(C2CC2)C(=O)NC1c1ccccc1. The van der Waals surface area contributed by atoms with Crippen LogP contribution in [-0.2, 0) is 16.6 Å². The molecule has 1 aliphatic heterocycles. The second kappa shape index (κ2) is 9.02. The van der Waals surface area contributed by atoms with Crippen molar-refractivity contribution < 1.29 is 18.7 Å². The van der Waals surface area contributed by atoms with Crippen molar-refractivity contribution in [1.82, 2.24) is 25.0 Å². The monoisotopic (exact) mass is 479 g/mol. The van der Waals surface area contributed by atoms with E-state index < -0.39 is 12.0 Å². The van der Waals surface area contributed by atoms with Crippen LogP contribution in [0, 0.1) is 6.92 Å². The lowest BCUT2D eigenvalue weighted by molar-refractivity contribution is -0.136. The molecule has 1 aromatic carbocycles. The van der Waals surface area contributed by atoms with Gasteiger partial charge < -0.3 is 19.0 Å². The number of thioether (sulfide) groups is 1. The maximum atomic E-state index is 13.2. The number of ether oxygens (including phenoxy) is 1. The van der Waals surface area contributed by atoms with Gasteiger partial charge >= 0.3 is 12.0 Å². The number of carbonyl (C=O) groups excluding carboxylic acids is 2. The van der Waals surface area contributed by atoms with E-state index in [1.165, 1.54) is 18.9 Å². The zero-order chi connectivity index (χ0) is 23.8. The van der Waals surface area contributed by atoms with E-state index >= 15 is 0 Å². The molecule has 10 heteroatoms. The Labute approximate surface area is 201 Å². The fourth-order valence-electron chi connectivity index (χ4n) is 4.22. The summed E-state index contributed by atoms with van der Waals surface area (Å²) < 4.78 is 12.5. The summed E-state index contributed by atoms with van der Waals surface area (Å²) in [6, 6.07) is 10.6. The fourth-order valence-corrected chi connectivity index (χ4v) is 5.16. The number of amides is 2. The van der Waals surface area contributed by atoms with Gasteiger partial charge in [-0.05, 0) is 31.4 Å². The Balaban J connectivity index is 1.52. The topological polar surface area (TPSA) is 102 Å². The summed E-state index contributed by atoms with van der Waals surface area (Å²) in [6.45, 7) is 1.88. The Bertz CT molecular complexity index is 1260. The van der Waals surface area contributed by atoms with Crippen LogP contribution in [0.3, 0.4) is 0 Å². The molecular weight excluding hydrogens is 454 g/mol. The van der Waals surface area contributed by atoms with Gasteiger partial charge in [0.2, 0.25) is 0 Å². The van der Waals surface area contributed by atoms with Crippen LogP contribution in [0.25, 0.3) is 11.4 Å². The summed E-state index contributed by atoms with van der Waals surface area (Å²) in [7, 11) is 3.25. The van der Waals surface area contributed by atoms with E-state index in [1.807, 2.05) is 54.9 Å². The Hall–Kier alpha value is -3.53. The van der Waals surface area contributed by atoms with Crippen molar-refractivity contribution in [2.24, 2.45) is 7.05 Å². The predicted molar refractivity (Wildman–Crippen MR) is 126 cm³/mol. The van der Waals surface area contributed by atoms with Crippen LogP contribution < -0.4 is 5.32 Å². The first-order chi connectivity index (χ1) is 16.5. The molecule has 2 amide bonds. The zero-order valence-corrected chi connectivity index (χ0v) is 20.0. The molecule has 0 spiro atoms. The average Bonchev–Trinajstić information content (AvgIpc) is 3.50. The maximum Gasteiger partial charge on any atom is 0.338 e. The second-order valence-corrected chi connectivity index (χ2v) is 9.23. The molecule has 9 nitrogen and oxygen atoms in total. The van der Waals surface area contributed by atoms with Gasteiger partial charge in [0.1, 0.15) is 5.76 Å². The number of urea groups is 1. The Morgan fingerprint density at radius 3 is 2.65 bits per heavy atom. The molecule has 0 saturated heterocycles. The molecule has 3 heterocycles. The molecule has 1 aliphatic carbocycles. The summed E-state index contributed by atoms with van der Waals surface area (Å²) in [5, 5.41) is 12.4. The van der Waals surface area contributed by atoms with Crippen LogP contribution in [0.1, 0.15) is 30.2 Å². The number of nitrogens with zero attached hydrogens (tertiary/aromatic N) is 4. The summed E-state index contributed by atoms with van der Waals surface area (Å²) in [5.41, 5.74) is 2.80. The van der Waals surface area contributed by atoms with Crippen LogP contribution in [0.15, 0.2) is 63.5 Å². The first kappa shape index (κ1) is 22.3. The number of aromatic nitrogens is 3. The lowest BCUT2D eigenvalue weighted by atomic mass is 9.95. The van der Waals surface area contributed by atoms with E-state index in [9.17, 15) is 9.59 Å². The first-order valence-corrected chi connectivity index (χ1v) is 12.0. The van der Waals surface area contributed by atoms with E-state index in [0.29, 0.717) is 28.0 Å². The summed E-state index contributed by atoms with van der Waals surface area (Å²) in [6.07, 6.45) is 3.43. The number of methoxy groups -OCH3 is 1. The van der Waals surface area contributed by atoms with Gasteiger partial charge in [-0.1, -0.05) is 42.1 Å². The quantitative estimate of drug-likeness (QED) is 0.406. The molecule has 34 heavy (non-hydrogen) atoms. The summed E-state index contributed by atoms with van der Waals surface area (Å²) >= 11 is 1.43. The van der Waals surface area contributed by atoms with Crippen LogP contribution in [-0.4, -0.2) is 50.6 Å². The van der Waals surface area contributed by atoms with E-state index in [4.69, 9.17) is 9.15 Å². The number of esters is 1. The van der Waals surface area contributed by atoms with Gasteiger partial charge in [0.05, 0.1) is 30.6 Å². The number of benzene rings is 1. The van der Waals surface area contributed by atoms with Crippen molar-refractivity contribution in [1.29, 1.82) is 0 Å². The van der Waals surface area contributed by atoms with Crippen LogP contribution in [0.2, 0.25) is 0 Å². The van der Waals surface area contributed by atoms with Crippen molar-refractivity contribution in [3.63, 3.8) is 0 Å². The number of hydrogen-bond acceptors (Lipinski definition) is 7. The molecule has 3 aromatic rings. The molecule has 1 saturated carbocycles. The van der Waals surface area contributed by atoms with Crippen LogP contribution in [0.5, 0.6) is 0 Å². The molecule has 0 bridgehead atoms. The summed E-state index contributed by atoms with van der Waals surface area (Å²) in [5.74, 6) is 1.37. The van der Waals surface area contributed by atoms with E-state index in [-0.39, 0.29) is 12.1 Å². The Morgan fingerprint density at radius 1 is 1.24 bits per heavy atom. The Kier molecular flexibility index (Phi) is 5.91. The minimum atomic E-state index is -0.588. The van der Waals surface area contributed by atoms with Crippen molar-refractivity contribution in [2.45, 2.75) is 37.0 Å². The lowest BCUT2D eigenvalue weighted by Gasteiger charge is -2.36. The fraction of sp³-hybridized carbons (Fsp3) is 0.333. The first-order valence-electron chi connectivity index (χ1n) is 11.0. The number of hydrogen-bond donors (Lipinski definition) is 1. The van der Waals surface area contributed by atoms with Gasteiger partial charge in [-0.2, -0.15) is 0 Å². The van der Waals surface area contributed by atoms with Gasteiger partial charge in [-0.3, -0.25) is 4.90 Å². The minimum absolute atomic E-state index is 0.0793. The standard InChI is InChI=1S/C24H25N5O4S/c1-14-17(11-12-33-14)21-26-27-24(28(21)2)34-13-18-19(22(30)32-3)20(15-7-5-4-6-8-15)25-23(31)29(18)16-9-10-16/h4-8,11-12,16,20H,9-10,13H2,1-3H3,(H,25,31). The molecule has 1 N–H and O–H groups in total. The Morgan fingerprint density at radius 2 is 2.00 bits per heavy atom. The highest BCUT2D eigenvalue weighted by Gasteiger charge is 2.44. The van der Waals surface area contributed by atoms with Crippen LogP contribution in [0.4, 0.5) is 4.79 Å². The number of furan rings is 1. The third-order valence-electron chi connectivity index (χ3n) is 6.10.